The molecule has 0 spiro atoms. The van der Waals surface area contributed by atoms with Crippen molar-refractivity contribution in [3.8, 4) is 0 Å². The number of benzene rings is 1. The van der Waals surface area contributed by atoms with Gasteiger partial charge in [-0.3, -0.25) is 4.72 Å². The van der Waals surface area contributed by atoms with Crippen LogP contribution < -0.4 is 15.8 Å². The molecule has 2 unspecified atom stereocenters. The molecule has 1 heterocycles. The molecule has 6 nitrogen and oxygen atoms in total. The maximum absolute atomic E-state index is 14.4. The van der Waals surface area contributed by atoms with Crippen molar-refractivity contribution in [1.82, 2.24) is 4.98 Å². The second-order valence-corrected chi connectivity index (χ2v) is 8.89. The van der Waals surface area contributed by atoms with Gasteiger partial charge in [-0.1, -0.05) is 18.0 Å². The van der Waals surface area contributed by atoms with Crippen molar-refractivity contribution in [3.63, 3.8) is 0 Å². The molecule has 2 aromatic rings. The predicted octanol–water partition coefficient (Wildman–Crippen LogP) is 3.28. The second kappa shape index (κ2) is 7.45. The number of sulfonamides is 1. The monoisotopic (exact) mass is 404 g/mol. The van der Waals surface area contributed by atoms with Gasteiger partial charge in [-0.05, 0) is 30.9 Å². The number of hydrogen-bond acceptors (Lipinski definition) is 6. The molecule has 0 aliphatic heterocycles. The van der Waals surface area contributed by atoms with E-state index in [0.717, 1.165) is 42.7 Å². The van der Waals surface area contributed by atoms with Crippen LogP contribution in [-0.2, 0) is 10.0 Å². The van der Waals surface area contributed by atoms with Crippen LogP contribution in [0.2, 0.25) is 5.02 Å². The summed E-state index contributed by atoms with van der Waals surface area (Å²) in [5, 5.41) is 4.98. The van der Waals surface area contributed by atoms with Gasteiger partial charge in [-0.2, -0.15) is 0 Å². The zero-order valence-corrected chi connectivity index (χ0v) is 15.6. The number of rotatable bonds is 6. The molecule has 0 saturated heterocycles. The maximum Gasteiger partial charge on any atom is 0.266 e. The third-order valence-corrected chi connectivity index (χ3v) is 6.72. The van der Waals surface area contributed by atoms with Crippen molar-refractivity contribution in [3.05, 3.63) is 34.5 Å². The Morgan fingerprint density at radius 1 is 1.40 bits per heavy atom. The lowest BCUT2D eigenvalue weighted by Crippen LogP contribution is -2.29. The minimum absolute atomic E-state index is 0.123. The Bertz CT molecular complexity index is 845. The molecule has 0 bridgehead atoms. The second-order valence-electron chi connectivity index (χ2n) is 5.94. The molecule has 0 radical (unpaired) electrons. The van der Waals surface area contributed by atoms with E-state index in [1.807, 2.05) is 0 Å². The van der Waals surface area contributed by atoms with E-state index in [4.69, 9.17) is 17.3 Å². The zero-order chi connectivity index (χ0) is 18.0. The first kappa shape index (κ1) is 18.4. The molecule has 10 heteroatoms. The molecule has 1 aromatic heterocycles. The Kier molecular flexibility index (Phi) is 5.47. The van der Waals surface area contributed by atoms with E-state index >= 15 is 0 Å². The summed E-state index contributed by atoms with van der Waals surface area (Å²) in [4.78, 5) is 3.31. The summed E-state index contributed by atoms with van der Waals surface area (Å²) in [6, 6.07) is 2.32. The first-order chi connectivity index (χ1) is 11.9. The van der Waals surface area contributed by atoms with Crippen molar-refractivity contribution >= 4 is 43.8 Å². The van der Waals surface area contributed by atoms with Crippen LogP contribution in [0.25, 0.3) is 0 Å². The molecule has 3 rings (SSSR count). The molecule has 0 amide bonds. The van der Waals surface area contributed by atoms with Crippen LogP contribution >= 0.6 is 22.9 Å². The minimum atomic E-state index is -4.10. The Balaban J connectivity index is 1.77. The Morgan fingerprint density at radius 3 is 2.84 bits per heavy atom. The van der Waals surface area contributed by atoms with Crippen LogP contribution in [0.5, 0.6) is 0 Å². The molecule has 1 aromatic carbocycles. The van der Waals surface area contributed by atoms with E-state index in [1.165, 1.54) is 6.20 Å². The van der Waals surface area contributed by atoms with E-state index in [2.05, 4.69) is 15.0 Å². The lowest BCUT2D eigenvalue weighted by atomic mass is 10.0. The number of halogens is 2. The fourth-order valence-electron chi connectivity index (χ4n) is 2.87. The Morgan fingerprint density at radius 2 is 2.20 bits per heavy atom. The third kappa shape index (κ3) is 4.22. The largest absolute Gasteiger partial charge is 0.383 e. The van der Waals surface area contributed by atoms with Crippen LogP contribution in [0.3, 0.4) is 0 Å². The molecule has 1 saturated carbocycles. The Hall–Kier alpha value is -1.42. The number of thiazole rings is 1. The van der Waals surface area contributed by atoms with Gasteiger partial charge in [0, 0.05) is 24.2 Å². The van der Waals surface area contributed by atoms with Crippen molar-refractivity contribution in [1.29, 1.82) is 0 Å². The van der Waals surface area contributed by atoms with E-state index in [0.29, 0.717) is 18.2 Å². The summed E-state index contributed by atoms with van der Waals surface area (Å²) in [6.07, 6.45) is 4.52. The summed E-state index contributed by atoms with van der Waals surface area (Å²) in [7, 11) is -4.10. The summed E-state index contributed by atoms with van der Waals surface area (Å²) in [6.45, 7) is 0.573. The highest BCUT2D eigenvalue weighted by Crippen LogP contribution is 2.31. The Labute approximate surface area is 154 Å². The van der Waals surface area contributed by atoms with Gasteiger partial charge in [0.25, 0.3) is 10.0 Å². The first-order valence-electron chi connectivity index (χ1n) is 7.77. The summed E-state index contributed by atoms with van der Waals surface area (Å²) in [5.74, 6) is -0.583. The van der Waals surface area contributed by atoms with Gasteiger partial charge in [0.2, 0.25) is 0 Å². The van der Waals surface area contributed by atoms with Gasteiger partial charge in [0.15, 0.2) is 5.13 Å². The topological polar surface area (TPSA) is 97.1 Å². The molecule has 1 fully saturated rings. The highest BCUT2D eigenvalue weighted by molar-refractivity contribution is 7.93. The minimum Gasteiger partial charge on any atom is -0.383 e. The lowest BCUT2D eigenvalue weighted by Gasteiger charge is -2.18. The van der Waals surface area contributed by atoms with Gasteiger partial charge >= 0.3 is 0 Å². The van der Waals surface area contributed by atoms with E-state index in [-0.39, 0.29) is 16.2 Å². The normalized spacial score (nSPS) is 20.6. The van der Waals surface area contributed by atoms with Crippen LogP contribution in [0.15, 0.2) is 28.6 Å². The number of hydrogen-bond donors (Lipinski definition) is 3. The van der Waals surface area contributed by atoms with E-state index < -0.39 is 20.7 Å². The average Bonchev–Trinajstić information content (AvgIpc) is 3.19. The standard InChI is InChI=1S/C15H18ClFN4O2S2/c16-10-6-14(25(22,23)21-15-19-4-5-24-15)11(17)7-13(10)20-8-9-2-1-3-12(9)18/h4-7,9,12,20H,1-3,8,18H2,(H,19,21). The van der Waals surface area contributed by atoms with Gasteiger partial charge in [-0.25, -0.2) is 17.8 Å². The highest BCUT2D eigenvalue weighted by Gasteiger charge is 2.25. The van der Waals surface area contributed by atoms with Gasteiger partial charge in [-0.15, -0.1) is 11.3 Å². The van der Waals surface area contributed by atoms with E-state index in [9.17, 15) is 12.8 Å². The van der Waals surface area contributed by atoms with Crippen molar-refractivity contribution in [2.24, 2.45) is 11.7 Å². The van der Waals surface area contributed by atoms with Gasteiger partial charge < -0.3 is 11.1 Å². The van der Waals surface area contributed by atoms with Crippen LogP contribution in [0, 0.1) is 11.7 Å². The molecule has 1 aliphatic rings. The molecule has 2 atom stereocenters. The van der Waals surface area contributed by atoms with Crippen molar-refractivity contribution in [2.75, 3.05) is 16.6 Å². The van der Waals surface area contributed by atoms with Crippen molar-refractivity contribution < 1.29 is 12.8 Å². The molecule has 136 valence electrons. The summed E-state index contributed by atoms with van der Waals surface area (Å²) < 4.78 is 41.2. The predicted molar refractivity (Wildman–Crippen MR) is 98.1 cm³/mol. The first-order valence-corrected chi connectivity index (χ1v) is 10.5. The number of nitrogens with zero attached hydrogens (tertiary/aromatic N) is 1. The number of anilines is 2. The molecule has 4 N–H and O–H groups in total. The van der Waals surface area contributed by atoms with Crippen LogP contribution in [0.1, 0.15) is 19.3 Å². The van der Waals surface area contributed by atoms with Crippen molar-refractivity contribution in [2.45, 2.75) is 30.2 Å². The SMILES string of the molecule is NC1CCCC1CNc1cc(F)c(S(=O)(=O)Nc2nccs2)cc1Cl. The fraction of sp³-hybridized carbons (Fsp3) is 0.400. The van der Waals surface area contributed by atoms with Gasteiger partial charge in [0.05, 0.1) is 10.7 Å². The molecular weight excluding hydrogens is 387 g/mol. The molecule has 25 heavy (non-hydrogen) atoms. The lowest BCUT2D eigenvalue weighted by molar-refractivity contribution is 0.505. The quantitative estimate of drug-likeness (QED) is 0.686. The van der Waals surface area contributed by atoms with Gasteiger partial charge in [0.1, 0.15) is 10.7 Å². The highest BCUT2D eigenvalue weighted by atomic mass is 35.5. The summed E-state index contributed by atoms with van der Waals surface area (Å²) >= 11 is 7.24. The number of nitrogens with one attached hydrogen (secondary N) is 2. The maximum atomic E-state index is 14.4. The van der Waals surface area contributed by atoms with E-state index in [1.54, 1.807) is 5.38 Å². The number of aromatic nitrogens is 1. The zero-order valence-electron chi connectivity index (χ0n) is 13.2. The fourth-order valence-corrected chi connectivity index (χ4v) is 5.04. The molecule has 1 aliphatic carbocycles. The summed E-state index contributed by atoms with van der Waals surface area (Å²) in [5.41, 5.74) is 6.37. The number of nitrogens with two attached hydrogens (primary N) is 1. The smallest absolute Gasteiger partial charge is 0.266 e. The third-order valence-electron chi connectivity index (χ3n) is 4.24. The molecular formula is C15H18ClFN4O2S2. The van der Waals surface area contributed by atoms with Crippen LogP contribution in [-0.4, -0.2) is 26.0 Å². The average molecular weight is 405 g/mol. The van der Waals surface area contributed by atoms with Crippen LogP contribution in [0.4, 0.5) is 15.2 Å².